The second-order valence-corrected chi connectivity index (χ2v) is 2.38. The Balaban J connectivity index is 3.40. The Morgan fingerprint density at radius 3 is 2.70 bits per heavy atom. The normalized spacial score (nSPS) is 16.3. The van der Waals surface area contributed by atoms with Crippen molar-refractivity contribution >= 4 is 0 Å². The molecule has 0 aromatic rings. The number of aliphatic hydroxyl groups excluding tert-OH is 1. The highest BCUT2D eigenvalue weighted by atomic mass is 19.1. The molecule has 2 heteroatoms. The van der Waals surface area contributed by atoms with Crippen LogP contribution >= 0.6 is 0 Å². The highest BCUT2D eigenvalue weighted by molar-refractivity contribution is 4.84. The summed E-state index contributed by atoms with van der Waals surface area (Å²) in [6.45, 7) is 5.29. The first-order valence-electron chi connectivity index (χ1n) is 3.67. The zero-order chi connectivity index (χ0) is 7.98. The second kappa shape index (κ2) is 5.42. The maximum Gasteiger partial charge on any atom is 0.129 e. The summed E-state index contributed by atoms with van der Waals surface area (Å²) in [5.74, 6) is 0. The molecule has 0 aliphatic carbocycles. The maximum atomic E-state index is 12.7. The van der Waals surface area contributed by atoms with Crippen molar-refractivity contribution in [1.29, 1.82) is 0 Å². The topological polar surface area (TPSA) is 20.2 Å². The van der Waals surface area contributed by atoms with Crippen LogP contribution < -0.4 is 0 Å². The standard InChI is InChI=1S/C8H15FO/c1-3-5-6-7(9)8(10)4-2/h4,7-8,10H,2-3,5-6H2,1H3. The Hall–Kier alpha value is -0.370. The highest BCUT2D eigenvalue weighted by Gasteiger charge is 2.12. The molecular formula is C8H15FO. The van der Waals surface area contributed by atoms with E-state index in [0.29, 0.717) is 6.42 Å². The van der Waals surface area contributed by atoms with Crippen LogP contribution in [0, 0.1) is 0 Å². The van der Waals surface area contributed by atoms with Crippen LogP contribution in [0.3, 0.4) is 0 Å². The molecule has 1 N–H and O–H groups in total. The van der Waals surface area contributed by atoms with E-state index in [9.17, 15) is 4.39 Å². The van der Waals surface area contributed by atoms with Crippen molar-refractivity contribution < 1.29 is 9.50 Å². The Labute approximate surface area is 61.6 Å². The van der Waals surface area contributed by atoms with Crippen molar-refractivity contribution in [2.45, 2.75) is 38.5 Å². The monoisotopic (exact) mass is 146 g/mol. The van der Waals surface area contributed by atoms with Crippen molar-refractivity contribution in [3.63, 3.8) is 0 Å². The van der Waals surface area contributed by atoms with Crippen LogP contribution in [0.2, 0.25) is 0 Å². The van der Waals surface area contributed by atoms with Crippen LogP contribution in [0.25, 0.3) is 0 Å². The third kappa shape index (κ3) is 3.62. The van der Waals surface area contributed by atoms with Gasteiger partial charge in [0.15, 0.2) is 0 Å². The fourth-order valence-electron chi connectivity index (χ4n) is 0.718. The van der Waals surface area contributed by atoms with Gasteiger partial charge in [-0.05, 0) is 6.42 Å². The number of aliphatic hydroxyl groups is 1. The molecule has 0 aliphatic rings. The minimum atomic E-state index is -1.13. The molecule has 0 saturated carbocycles. The Kier molecular flexibility index (Phi) is 5.22. The van der Waals surface area contributed by atoms with Gasteiger partial charge in [0.05, 0.1) is 0 Å². The lowest BCUT2D eigenvalue weighted by Gasteiger charge is -2.09. The largest absolute Gasteiger partial charge is 0.386 e. The third-order valence-electron chi connectivity index (χ3n) is 1.45. The van der Waals surface area contributed by atoms with Gasteiger partial charge < -0.3 is 5.11 Å². The minimum absolute atomic E-state index is 0.434. The fraction of sp³-hybridized carbons (Fsp3) is 0.750. The van der Waals surface area contributed by atoms with E-state index in [1.165, 1.54) is 6.08 Å². The Morgan fingerprint density at radius 1 is 1.70 bits per heavy atom. The van der Waals surface area contributed by atoms with Gasteiger partial charge in [0.2, 0.25) is 0 Å². The lowest BCUT2D eigenvalue weighted by molar-refractivity contribution is 0.108. The van der Waals surface area contributed by atoms with Gasteiger partial charge in [-0.15, -0.1) is 6.58 Å². The molecule has 60 valence electrons. The highest BCUT2D eigenvalue weighted by Crippen LogP contribution is 2.09. The van der Waals surface area contributed by atoms with E-state index in [1.54, 1.807) is 0 Å². The molecule has 0 rings (SSSR count). The van der Waals surface area contributed by atoms with Gasteiger partial charge in [0, 0.05) is 0 Å². The van der Waals surface area contributed by atoms with Crippen molar-refractivity contribution in [2.75, 3.05) is 0 Å². The zero-order valence-corrected chi connectivity index (χ0v) is 6.39. The molecule has 0 fully saturated rings. The molecule has 1 nitrogen and oxygen atoms in total. The number of halogens is 1. The predicted molar refractivity (Wildman–Crippen MR) is 40.6 cm³/mol. The average molecular weight is 146 g/mol. The Bertz CT molecular complexity index is 93.3. The third-order valence-corrected chi connectivity index (χ3v) is 1.45. The molecular weight excluding hydrogens is 131 g/mol. The van der Waals surface area contributed by atoms with Crippen LogP contribution in [0.5, 0.6) is 0 Å². The van der Waals surface area contributed by atoms with Crippen LogP contribution in [-0.4, -0.2) is 17.4 Å². The predicted octanol–water partition coefficient (Wildman–Crippen LogP) is 2.06. The second-order valence-electron chi connectivity index (χ2n) is 2.38. The van der Waals surface area contributed by atoms with Gasteiger partial charge in [-0.2, -0.15) is 0 Å². The van der Waals surface area contributed by atoms with E-state index in [1.807, 2.05) is 6.92 Å². The van der Waals surface area contributed by atoms with Gasteiger partial charge in [-0.3, -0.25) is 0 Å². The number of alkyl halides is 1. The first kappa shape index (κ1) is 9.63. The molecule has 0 bridgehead atoms. The smallest absolute Gasteiger partial charge is 0.129 e. The van der Waals surface area contributed by atoms with E-state index >= 15 is 0 Å². The molecule has 0 aromatic carbocycles. The summed E-state index contributed by atoms with van der Waals surface area (Å²) in [6, 6.07) is 0. The zero-order valence-electron chi connectivity index (χ0n) is 6.39. The van der Waals surface area contributed by atoms with Crippen LogP contribution in [-0.2, 0) is 0 Å². The summed E-state index contributed by atoms with van der Waals surface area (Å²) < 4.78 is 12.7. The van der Waals surface area contributed by atoms with E-state index < -0.39 is 12.3 Å². The number of hydrogen-bond donors (Lipinski definition) is 1. The van der Waals surface area contributed by atoms with Gasteiger partial charge in [-0.1, -0.05) is 25.8 Å². The van der Waals surface area contributed by atoms with Crippen molar-refractivity contribution in [3.05, 3.63) is 12.7 Å². The summed E-state index contributed by atoms with van der Waals surface area (Å²) >= 11 is 0. The molecule has 2 unspecified atom stereocenters. The van der Waals surface area contributed by atoms with E-state index in [2.05, 4.69) is 6.58 Å². The van der Waals surface area contributed by atoms with Gasteiger partial charge in [-0.25, -0.2) is 4.39 Å². The summed E-state index contributed by atoms with van der Waals surface area (Å²) in [5, 5.41) is 8.86. The van der Waals surface area contributed by atoms with Gasteiger partial charge in [0.1, 0.15) is 12.3 Å². The van der Waals surface area contributed by atoms with E-state index in [0.717, 1.165) is 12.8 Å². The molecule has 0 radical (unpaired) electrons. The van der Waals surface area contributed by atoms with Gasteiger partial charge >= 0.3 is 0 Å². The molecule has 0 spiro atoms. The lowest BCUT2D eigenvalue weighted by atomic mass is 10.1. The summed E-state index contributed by atoms with van der Waals surface area (Å²) in [4.78, 5) is 0. The molecule has 0 aromatic heterocycles. The van der Waals surface area contributed by atoms with Crippen LogP contribution in [0.1, 0.15) is 26.2 Å². The van der Waals surface area contributed by atoms with E-state index in [-0.39, 0.29) is 0 Å². The minimum Gasteiger partial charge on any atom is -0.386 e. The summed E-state index contributed by atoms with van der Waals surface area (Å²) in [6.07, 6.45) is 1.35. The van der Waals surface area contributed by atoms with Crippen LogP contribution in [0.4, 0.5) is 4.39 Å². The van der Waals surface area contributed by atoms with Crippen LogP contribution in [0.15, 0.2) is 12.7 Å². The molecule has 0 saturated heterocycles. The number of hydrogen-bond acceptors (Lipinski definition) is 1. The molecule has 0 aliphatic heterocycles. The molecule has 0 heterocycles. The first-order valence-corrected chi connectivity index (χ1v) is 3.67. The number of unbranched alkanes of at least 4 members (excludes halogenated alkanes) is 1. The van der Waals surface area contributed by atoms with E-state index in [4.69, 9.17) is 5.11 Å². The van der Waals surface area contributed by atoms with Crippen molar-refractivity contribution in [1.82, 2.24) is 0 Å². The number of rotatable bonds is 5. The van der Waals surface area contributed by atoms with Gasteiger partial charge in [0.25, 0.3) is 0 Å². The SMILES string of the molecule is C=CC(O)C(F)CCCC. The van der Waals surface area contributed by atoms with Crippen molar-refractivity contribution in [2.24, 2.45) is 0 Å². The average Bonchev–Trinajstić information content (AvgIpc) is 1.98. The molecule has 2 atom stereocenters. The first-order chi connectivity index (χ1) is 4.72. The summed E-state index contributed by atoms with van der Waals surface area (Å²) in [7, 11) is 0. The molecule has 0 amide bonds. The summed E-state index contributed by atoms with van der Waals surface area (Å²) in [5.41, 5.74) is 0. The molecule has 10 heavy (non-hydrogen) atoms. The maximum absolute atomic E-state index is 12.7. The quantitative estimate of drug-likeness (QED) is 0.588. The van der Waals surface area contributed by atoms with Crippen molar-refractivity contribution in [3.8, 4) is 0 Å². The lowest BCUT2D eigenvalue weighted by Crippen LogP contribution is -2.18. The Morgan fingerprint density at radius 2 is 2.30 bits per heavy atom. The fourth-order valence-corrected chi connectivity index (χ4v) is 0.718.